The molecule has 0 radical (unpaired) electrons. The van der Waals surface area contributed by atoms with Gasteiger partial charge >= 0.3 is 0 Å². The summed E-state index contributed by atoms with van der Waals surface area (Å²) in [4.78, 5) is 14.2. The first-order valence-electron chi connectivity index (χ1n) is 6.68. The lowest BCUT2D eigenvalue weighted by Gasteiger charge is -2.34. The number of nitrogens with zero attached hydrogens (tertiary/aromatic N) is 2. The highest BCUT2D eigenvalue weighted by Crippen LogP contribution is 2.26. The fourth-order valence-corrected chi connectivity index (χ4v) is 2.85. The van der Waals surface area contributed by atoms with Gasteiger partial charge in [0.05, 0.1) is 23.1 Å². The number of hydrogen-bond donors (Lipinski definition) is 0. The third-order valence-corrected chi connectivity index (χ3v) is 4.01. The standard InChI is InChI=1S/C15H16ClFN2O/c1-10-8-13(16)12(9-14(10)17)15(20)19-7-3-2-4-11(19)5-6-18/h8-9,11H,2-5,7H2,1H3. The lowest BCUT2D eigenvalue weighted by Crippen LogP contribution is -2.43. The molecule has 1 unspecified atom stereocenters. The smallest absolute Gasteiger partial charge is 0.255 e. The van der Waals surface area contributed by atoms with Gasteiger partial charge in [0.1, 0.15) is 5.82 Å². The van der Waals surface area contributed by atoms with Crippen LogP contribution in [0.25, 0.3) is 0 Å². The third-order valence-electron chi connectivity index (χ3n) is 3.69. The molecule has 1 aliphatic heterocycles. The highest BCUT2D eigenvalue weighted by molar-refractivity contribution is 6.33. The number of amides is 1. The van der Waals surface area contributed by atoms with Gasteiger partial charge in [0.2, 0.25) is 0 Å². The van der Waals surface area contributed by atoms with Crippen LogP contribution in [-0.2, 0) is 0 Å². The number of aryl methyl sites for hydroxylation is 1. The number of hydrogen-bond acceptors (Lipinski definition) is 2. The van der Waals surface area contributed by atoms with E-state index in [1.807, 2.05) is 0 Å². The minimum absolute atomic E-state index is 0.0957. The van der Waals surface area contributed by atoms with Crippen molar-refractivity contribution < 1.29 is 9.18 Å². The molecule has 1 aliphatic rings. The lowest BCUT2D eigenvalue weighted by molar-refractivity contribution is 0.0618. The molecule has 0 saturated carbocycles. The minimum Gasteiger partial charge on any atom is -0.335 e. The quantitative estimate of drug-likeness (QED) is 0.835. The van der Waals surface area contributed by atoms with E-state index in [4.69, 9.17) is 16.9 Å². The fourth-order valence-electron chi connectivity index (χ4n) is 2.55. The first-order valence-corrected chi connectivity index (χ1v) is 7.06. The molecule has 5 heteroatoms. The molecule has 1 heterocycles. The van der Waals surface area contributed by atoms with Crippen LogP contribution in [0, 0.1) is 24.1 Å². The molecule has 1 aromatic rings. The lowest BCUT2D eigenvalue weighted by atomic mass is 9.98. The Balaban J connectivity index is 2.30. The van der Waals surface area contributed by atoms with Crippen LogP contribution in [0.3, 0.4) is 0 Å². The van der Waals surface area contributed by atoms with Gasteiger partial charge in [-0.3, -0.25) is 4.79 Å². The zero-order valence-corrected chi connectivity index (χ0v) is 12.1. The van der Waals surface area contributed by atoms with Crippen molar-refractivity contribution in [3.05, 3.63) is 34.1 Å². The van der Waals surface area contributed by atoms with Crippen LogP contribution >= 0.6 is 11.6 Å². The van der Waals surface area contributed by atoms with Crippen molar-refractivity contribution in [2.75, 3.05) is 6.54 Å². The maximum absolute atomic E-state index is 13.7. The van der Waals surface area contributed by atoms with Crippen LogP contribution in [0.5, 0.6) is 0 Å². The Labute approximate surface area is 122 Å². The highest BCUT2D eigenvalue weighted by Gasteiger charge is 2.28. The van der Waals surface area contributed by atoms with Gasteiger partial charge in [0.25, 0.3) is 5.91 Å². The SMILES string of the molecule is Cc1cc(Cl)c(C(=O)N2CCCCC2CC#N)cc1F. The molecule has 1 atom stereocenters. The van der Waals surface area contributed by atoms with E-state index in [0.717, 1.165) is 19.3 Å². The molecule has 1 amide bonds. The van der Waals surface area contributed by atoms with Gasteiger partial charge in [-0.1, -0.05) is 11.6 Å². The van der Waals surface area contributed by atoms with E-state index in [0.29, 0.717) is 18.5 Å². The van der Waals surface area contributed by atoms with Crippen LogP contribution in [0.15, 0.2) is 12.1 Å². The molecular weight excluding hydrogens is 279 g/mol. The molecule has 0 bridgehead atoms. The zero-order chi connectivity index (χ0) is 14.7. The summed E-state index contributed by atoms with van der Waals surface area (Å²) in [5, 5.41) is 9.11. The Morgan fingerprint density at radius 1 is 1.55 bits per heavy atom. The maximum atomic E-state index is 13.7. The number of nitriles is 1. The molecule has 0 aromatic heterocycles. The van der Waals surface area contributed by atoms with Crippen molar-refractivity contribution in [3.63, 3.8) is 0 Å². The normalized spacial score (nSPS) is 18.7. The van der Waals surface area contributed by atoms with Crippen molar-refractivity contribution in [2.24, 2.45) is 0 Å². The average molecular weight is 295 g/mol. The van der Waals surface area contributed by atoms with Crippen LogP contribution in [0.1, 0.15) is 41.6 Å². The second kappa shape index (κ2) is 6.23. The van der Waals surface area contributed by atoms with Crippen molar-refractivity contribution in [1.29, 1.82) is 5.26 Å². The largest absolute Gasteiger partial charge is 0.335 e. The van der Waals surface area contributed by atoms with Gasteiger partial charge in [-0.25, -0.2) is 4.39 Å². The molecule has 1 aromatic carbocycles. The number of carbonyl (C=O) groups excluding carboxylic acids is 1. The second-order valence-corrected chi connectivity index (χ2v) is 5.50. The van der Waals surface area contributed by atoms with E-state index in [1.54, 1.807) is 11.8 Å². The van der Waals surface area contributed by atoms with Crippen LogP contribution < -0.4 is 0 Å². The summed E-state index contributed by atoms with van der Waals surface area (Å²) in [5.41, 5.74) is 0.596. The van der Waals surface area contributed by atoms with Gasteiger partial charge < -0.3 is 4.90 Å². The summed E-state index contributed by atoms with van der Waals surface area (Å²) in [7, 11) is 0. The number of benzene rings is 1. The topological polar surface area (TPSA) is 44.1 Å². The first kappa shape index (κ1) is 14.8. The summed E-state index contributed by atoms with van der Waals surface area (Å²) in [6.45, 7) is 2.20. The van der Waals surface area contributed by atoms with E-state index in [-0.39, 0.29) is 22.5 Å². The van der Waals surface area contributed by atoms with E-state index >= 15 is 0 Å². The maximum Gasteiger partial charge on any atom is 0.255 e. The molecule has 0 aliphatic carbocycles. The van der Waals surface area contributed by atoms with Crippen molar-refractivity contribution in [3.8, 4) is 6.07 Å². The summed E-state index contributed by atoms with van der Waals surface area (Å²) in [5.74, 6) is -0.722. The molecule has 2 rings (SSSR count). The number of halogens is 2. The van der Waals surface area contributed by atoms with Gasteiger partial charge in [0.15, 0.2) is 0 Å². The monoisotopic (exact) mass is 294 g/mol. The number of piperidine rings is 1. The predicted molar refractivity (Wildman–Crippen MR) is 75.1 cm³/mol. The number of rotatable bonds is 2. The minimum atomic E-state index is -0.438. The van der Waals surface area contributed by atoms with E-state index in [9.17, 15) is 9.18 Å². The van der Waals surface area contributed by atoms with Gasteiger partial charge in [-0.15, -0.1) is 0 Å². The van der Waals surface area contributed by atoms with Crippen molar-refractivity contribution in [1.82, 2.24) is 4.90 Å². The van der Waals surface area contributed by atoms with Crippen molar-refractivity contribution in [2.45, 2.75) is 38.6 Å². The van der Waals surface area contributed by atoms with E-state index < -0.39 is 5.82 Å². The Morgan fingerprint density at radius 2 is 2.30 bits per heavy atom. The predicted octanol–water partition coefficient (Wildman–Crippen LogP) is 3.70. The Hall–Kier alpha value is -1.60. The number of likely N-dealkylation sites (tertiary alicyclic amines) is 1. The molecule has 106 valence electrons. The van der Waals surface area contributed by atoms with E-state index in [2.05, 4.69) is 6.07 Å². The molecule has 3 nitrogen and oxygen atoms in total. The van der Waals surface area contributed by atoms with Gasteiger partial charge in [-0.2, -0.15) is 5.26 Å². The molecule has 20 heavy (non-hydrogen) atoms. The summed E-state index contributed by atoms with van der Waals surface area (Å²) >= 11 is 6.06. The van der Waals surface area contributed by atoms with Crippen LogP contribution in [0.4, 0.5) is 4.39 Å². The van der Waals surface area contributed by atoms with Crippen LogP contribution in [-0.4, -0.2) is 23.4 Å². The molecule has 1 fully saturated rings. The Kier molecular flexibility index (Phi) is 4.61. The van der Waals surface area contributed by atoms with Crippen molar-refractivity contribution >= 4 is 17.5 Å². The summed E-state index contributed by atoms with van der Waals surface area (Å²) in [6, 6.07) is 4.67. The second-order valence-electron chi connectivity index (χ2n) is 5.09. The first-order chi connectivity index (χ1) is 9.54. The van der Waals surface area contributed by atoms with Crippen LogP contribution in [0.2, 0.25) is 5.02 Å². The number of carbonyl (C=O) groups is 1. The molecule has 0 N–H and O–H groups in total. The summed E-state index contributed by atoms with van der Waals surface area (Å²) in [6.07, 6.45) is 3.02. The summed E-state index contributed by atoms with van der Waals surface area (Å²) < 4.78 is 13.7. The van der Waals surface area contributed by atoms with Gasteiger partial charge in [0, 0.05) is 12.6 Å². The Bertz CT molecular complexity index is 568. The molecule has 1 saturated heterocycles. The average Bonchev–Trinajstić information content (AvgIpc) is 2.43. The fraction of sp³-hybridized carbons (Fsp3) is 0.467. The molecule has 0 spiro atoms. The molecular formula is C15H16ClFN2O. The van der Waals surface area contributed by atoms with Gasteiger partial charge in [-0.05, 0) is 43.9 Å². The zero-order valence-electron chi connectivity index (χ0n) is 11.3. The third kappa shape index (κ3) is 2.94. The van der Waals surface area contributed by atoms with E-state index in [1.165, 1.54) is 12.1 Å². The Morgan fingerprint density at radius 3 is 3.00 bits per heavy atom. The highest BCUT2D eigenvalue weighted by atomic mass is 35.5.